The van der Waals surface area contributed by atoms with Crippen LogP contribution in [0.15, 0.2) is 18.7 Å². The van der Waals surface area contributed by atoms with Gasteiger partial charge in [0.15, 0.2) is 5.69 Å². The summed E-state index contributed by atoms with van der Waals surface area (Å²) in [7, 11) is 1.58. The van der Waals surface area contributed by atoms with Gasteiger partial charge in [0, 0.05) is 24.5 Å². The number of anilines is 1. The first-order chi connectivity index (χ1) is 9.81. The monoisotopic (exact) mass is 273 g/mol. The van der Waals surface area contributed by atoms with Gasteiger partial charge in [0.1, 0.15) is 17.8 Å². The molecule has 2 aromatic rings. The fourth-order valence-electron chi connectivity index (χ4n) is 1.98. The Balaban J connectivity index is 2.50. The van der Waals surface area contributed by atoms with Gasteiger partial charge in [0.05, 0.1) is 7.11 Å². The van der Waals surface area contributed by atoms with Crippen LogP contribution in [0.2, 0.25) is 0 Å². The number of hydrogen-bond donors (Lipinski definition) is 1. The van der Waals surface area contributed by atoms with Crippen LogP contribution in [0.3, 0.4) is 0 Å². The van der Waals surface area contributed by atoms with Crippen molar-refractivity contribution in [1.82, 2.24) is 19.9 Å². The van der Waals surface area contributed by atoms with Crippen molar-refractivity contribution >= 4 is 5.82 Å². The SMILES string of the molecule is CCCNc1ncnc(-c2nccnc2OC)c1CC. The molecule has 1 N–H and O–H groups in total. The molecule has 0 amide bonds. The Hall–Kier alpha value is -2.24. The third kappa shape index (κ3) is 2.84. The molecule has 2 heterocycles. The molecule has 0 bridgehead atoms. The van der Waals surface area contributed by atoms with Crippen molar-refractivity contribution in [3.05, 3.63) is 24.3 Å². The Kier molecular flexibility index (Phi) is 4.81. The van der Waals surface area contributed by atoms with Gasteiger partial charge in [-0.3, -0.25) is 0 Å². The lowest BCUT2D eigenvalue weighted by atomic mass is 10.1. The van der Waals surface area contributed by atoms with E-state index in [1.807, 2.05) is 0 Å². The summed E-state index contributed by atoms with van der Waals surface area (Å²) in [6, 6.07) is 0. The lowest BCUT2D eigenvalue weighted by Crippen LogP contribution is -2.08. The number of nitrogens with one attached hydrogen (secondary N) is 1. The fourth-order valence-corrected chi connectivity index (χ4v) is 1.98. The van der Waals surface area contributed by atoms with Gasteiger partial charge >= 0.3 is 0 Å². The number of ether oxygens (including phenoxy) is 1. The van der Waals surface area contributed by atoms with Gasteiger partial charge in [-0.05, 0) is 12.8 Å². The highest BCUT2D eigenvalue weighted by Crippen LogP contribution is 2.29. The molecule has 106 valence electrons. The van der Waals surface area contributed by atoms with Gasteiger partial charge in [-0.15, -0.1) is 0 Å². The summed E-state index contributed by atoms with van der Waals surface area (Å²) in [5.74, 6) is 1.33. The van der Waals surface area contributed by atoms with Crippen LogP contribution in [0.1, 0.15) is 25.8 Å². The third-order valence-corrected chi connectivity index (χ3v) is 2.92. The summed E-state index contributed by atoms with van der Waals surface area (Å²) >= 11 is 0. The smallest absolute Gasteiger partial charge is 0.241 e. The summed E-state index contributed by atoms with van der Waals surface area (Å²) < 4.78 is 5.27. The van der Waals surface area contributed by atoms with E-state index in [0.29, 0.717) is 11.6 Å². The second kappa shape index (κ2) is 6.79. The van der Waals surface area contributed by atoms with Crippen molar-refractivity contribution in [1.29, 1.82) is 0 Å². The molecular weight excluding hydrogens is 254 g/mol. The maximum Gasteiger partial charge on any atom is 0.241 e. The largest absolute Gasteiger partial charge is 0.479 e. The van der Waals surface area contributed by atoms with Gasteiger partial charge in [0.25, 0.3) is 0 Å². The van der Waals surface area contributed by atoms with Crippen LogP contribution in [0.5, 0.6) is 5.88 Å². The Morgan fingerprint density at radius 3 is 2.55 bits per heavy atom. The molecular formula is C14H19N5O. The van der Waals surface area contributed by atoms with Crippen LogP contribution in [0.25, 0.3) is 11.4 Å². The number of methoxy groups -OCH3 is 1. The average Bonchev–Trinajstić information content (AvgIpc) is 2.52. The van der Waals surface area contributed by atoms with Crippen molar-refractivity contribution in [2.24, 2.45) is 0 Å². The lowest BCUT2D eigenvalue weighted by Gasteiger charge is -2.13. The lowest BCUT2D eigenvalue weighted by molar-refractivity contribution is 0.397. The zero-order chi connectivity index (χ0) is 14.4. The maximum atomic E-state index is 5.27. The Labute approximate surface area is 118 Å². The highest BCUT2D eigenvalue weighted by Gasteiger charge is 2.16. The first-order valence-electron chi connectivity index (χ1n) is 6.74. The maximum absolute atomic E-state index is 5.27. The zero-order valence-electron chi connectivity index (χ0n) is 12.1. The summed E-state index contributed by atoms with van der Waals surface area (Å²) in [6.07, 6.45) is 6.63. The van der Waals surface area contributed by atoms with Crippen molar-refractivity contribution in [3.63, 3.8) is 0 Å². The normalized spacial score (nSPS) is 10.3. The molecule has 0 radical (unpaired) electrons. The molecule has 0 spiro atoms. The van der Waals surface area contributed by atoms with Crippen LogP contribution >= 0.6 is 0 Å². The van der Waals surface area contributed by atoms with E-state index >= 15 is 0 Å². The molecule has 0 unspecified atom stereocenters. The van der Waals surface area contributed by atoms with E-state index in [1.54, 1.807) is 25.8 Å². The summed E-state index contributed by atoms with van der Waals surface area (Å²) in [5.41, 5.74) is 2.44. The number of rotatable bonds is 6. The van der Waals surface area contributed by atoms with E-state index < -0.39 is 0 Å². The number of aromatic nitrogens is 4. The van der Waals surface area contributed by atoms with E-state index in [2.05, 4.69) is 39.1 Å². The molecule has 2 aromatic heterocycles. The molecule has 0 saturated carbocycles. The quantitative estimate of drug-likeness (QED) is 0.870. The highest BCUT2D eigenvalue weighted by atomic mass is 16.5. The molecule has 0 atom stereocenters. The van der Waals surface area contributed by atoms with Gasteiger partial charge in [-0.25, -0.2) is 19.9 Å². The molecule has 0 aromatic carbocycles. The van der Waals surface area contributed by atoms with Crippen LogP contribution in [0.4, 0.5) is 5.82 Å². The molecule has 0 fully saturated rings. The van der Waals surface area contributed by atoms with Crippen molar-refractivity contribution in [2.45, 2.75) is 26.7 Å². The Bertz CT molecular complexity index is 573. The molecule has 0 aliphatic heterocycles. The molecule has 6 nitrogen and oxygen atoms in total. The van der Waals surface area contributed by atoms with Gasteiger partial charge in [-0.2, -0.15) is 0 Å². The molecule has 6 heteroatoms. The highest BCUT2D eigenvalue weighted by molar-refractivity contribution is 5.68. The van der Waals surface area contributed by atoms with Crippen LogP contribution < -0.4 is 10.1 Å². The molecule has 0 aliphatic carbocycles. The first kappa shape index (κ1) is 14.2. The Morgan fingerprint density at radius 1 is 1.05 bits per heavy atom. The van der Waals surface area contributed by atoms with Gasteiger partial charge in [0.2, 0.25) is 5.88 Å². The summed E-state index contributed by atoms with van der Waals surface area (Å²) in [6.45, 7) is 5.07. The Morgan fingerprint density at radius 2 is 1.85 bits per heavy atom. The molecule has 0 saturated heterocycles. The third-order valence-electron chi connectivity index (χ3n) is 2.92. The van der Waals surface area contributed by atoms with E-state index in [-0.39, 0.29) is 0 Å². The van der Waals surface area contributed by atoms with E-state index in [0.717, 1.165) is 36.5 Å². The summed E-state index contributed by atoms with van der Waals surface area (Å²) in [4.78, 5) is 17.2. The minimum absolute atomic E-state index is 0.474. The van der Waals surface area contributed by atoms with E-state index in [1.165, 1.54) is 0 Å². The molecule has 20 heavy (non-hydrogen) atoms. The number of nitrogens with zero attached hydrogens (tertiary/aromatic N) is 4. The van der Waals surface area contributed by atoms with Crippen LogP contribution in [-0.2, 0) is 6.42 Å². The minimum Gasteiger partial charge on any atom is -0.479 e. The van der Waals surface area contributed by atoms with Crippen molar-refractivity contribution in [2.75, 3.05) is 19.0 Å². The standard InChI is InChI=1S/C14H19N5O/c1-4-6-16-13-10(5-2)11(18-9-19-13)12-14(20-3)17-8-7-15-12/h7-9H,4-6H2,1-3H3,(H,16,18,19). The zero-order valence-corrected chi connectivity index (χ0v) is 12.1. The fraction of sp³-hybridized carbons (Fsp3) is 0.429. The predicted octanol–water partition coefficient (Wildman–Crippen LogP) is 2.33. The minimum atomic E-state index is 0.474. The number of hydrogen-bond acceptors (Lipinski definition) is 6. The second-order valence-corrected chi connectivity index (χ2v) is 4.24. The van der Waals surface area contributed by atoms with Crippen molar-refractivity contribution in [3.8, 4) is 17.3 Å². The second-order valence-electron chi connectivity index (χ2n) is 4.24. The molecule has 2 rings (SSSR count). The predicted molar refractivity (Wildman–Crippen MR) is 77.8 cm³/mol. The van der Waals surface area contributed by atoms with E-state index in [4.69, 9.17) is 4.74 Å². The van der Waals surface area contributed by atoms with Crippen molar-refractivity contribution < 1.29 is 4.74 Å². The van der Waals surface area contributed by atoms with Gasteiger partial charge < -0.3 is 10.1 Å². The van der Waals surface area contributed by atoms with Crippen LogP contribution in [-0.4, -0.2) is 33.6 Å². The molecule has 0 aliphatic rings. The van der Waals surface area contributed by atoms with E-state index in [9.17, 15) is 0 Å². The van der Waals surface area contributed by atoms with Crippen LogP contribution in [0, 0.1) is 0 Å². The topological polar surface area (TPSA) is 72.8 Å². The first-order valence-corrected chi connectivity index (χ1v) is 6.74. The van der Waals surface area contributed by atoms with Gasteiger partial charge in [-0.1, -0.05) is 13.8 Å². The average molecular weight is 273 g/mol. The summed E-state index contributed by atoms with van der Waals surface area (Å²) in [5, 5.41) is 3.32.